The first-order valence-corrected chi connectivity index (χ1v) is 13.1. The van der Waals surface area contributed by atoms with Gasteiger partial charge < -0.3 is 19.3 Å². The molecule has 2 aromatic rings. The zero-order valence-electron chi connectivity index (χ0n) is 18.9. The Morgan fingerprint density at radius 3 is 2.70 bits per heavy atom. The maximum Gasteiger partial charge on any atom is 0.357 e. The number of rotatable bonds is 7. The Morgan fingerprint density at radius 2 is 1.94 bits per heavy atom. The standard InChI is InChI=1S/C26H31NO5S/c1-30-26(29)21-13-33-25(27-21)23-9-8-18-20(22(28)11-24(18)32-23)12-31-16-6-7-17(14-2-3-14)19(10-16)15-4-5-15/h6-7,10,13-15,18,20,22-24,28H,2-5,8-9,11-12H2,1H3/t18-,20-,22-,23-,24+/m1/s1. The minimum absolute atomic E-state index is 0.00269. The summed E-state index contributed by atoms with van der Waals surface area (Å²) in [6.07, 6.45) is 7.11. The zero-order chi connectivity index (χ0) is 22.5. The summed E-state index contributed by atoms with van der Waals surface area (Å²) in [5, 5.41) is 13.3. The van der Waals surface area contributed by atoms with Crippen LogP contribution < -0.4 is 4.74 Å². The number of esters is 1. The monoisotopic (exact) mass is 469 g/mol. The average Bonchev–Trinajstić information content (AvgIpc) is 3.76. The molecule has 1 saturated heterocycles. The fourth-order valence-electron chi connectivity index (χ4n) is 5.73. The molecule has 1 aromatic heterocycles. The average molecular weight is 470 g/mol. The van der Waals surface area contributed by atoms with Crippen LogP contribution in [0.5, 0.6) is 5.75 Å². The number of hydrogen-bond donors (Lipinski definition) is 1. The van der Waals surface area contributed by atoms with Crippen LogP contribution in [0.25, 0.3) is 0 Å². The van der Waals surface area contributed by atoms with Crippen LogP contribution in [-0.2, 0) is 9.47 Å². The number of benzene rings is 1. The van der Waals surface area contributed by atoms with E-state index >= 15 is 0 Å². The summed E-state index contributed by atoms with van der Waals surface area (Å²) >= 11 is 1.44. The first-order valence-electron chi connectivity index (χ1n) is 12.2. The van der Waals surface area contributed by atoms with E-state index in [4.69, 9.17) is 14.2 Å². The van der Waals surface area contributed by atoms with Crippen LogP contribution in [0.2, 0.25) is 0 Å². The van der Waals surface area contributed by atoms with E-state index < -0.39 is 12.1 Å². The SMILES string of the molecule is COC(=O)c1csc([C@H]2CC[C@@H]3[C@@H](COc4ccc(C5CC5)c(C5CC5)c4)[C@H](O)C[C@@H]3O2)n1. The molecule has 0 bridgehead atoms. The van der Waals surface area contributed by atoms with Crippen molar-refractivity contribution < 1.29 is 24.1 Å². The van der Waals surface area contributed by atoms with Gasteiger partial charge in [0.25, 0.3) is 0 Å². The van der Waals surface area contributed by atoms with Crippen molar-refractivity contribution in [2.24, 2.45) is 11.8 Å². The Hall–Kier alpha value is -1.96. The van der Waals surface area contributed by atoms with Gasteiger partial charge >= 0.3 is 5.97 Å². The van der Waals surface area contributed by atoms with Gasteiger partial charge in [0.15, 0.2) is 5.69 Å². The van der Waals surface area contributed by atoms with Crippen molar-refractivity contribution in [3.05, 3.63) is 45.4 Å². The van der Waals surface area contributed by atoms with Crippen LogP contribution in [0, 0.1) is 11.8 Å². The number of carbonyl (C=O) groups is 1. The minimum atomic E-state index is -0.422. The van der Waals surface area contributed by atoms with Gasteiger partial charge in [-0.25, -0.2) is 9.78 Å². The van der Waals surface area contributed by atoms with E-state index in [1.807, 2.05) is 0 Å². The number of fused-ring (bicyclic) bond motifs is 1. The molecule has 33 heavy (non-hydrogen) atoms. The van der Waals surface area contributed by atoms with Crippen LogP contribution in [0.15, 0.2) is 23.6 Å². The molecule has 6 nitrogen and oxygen atoms in total. The Labute approximate surface area is 198 Å². The molecule has 6 rings (SSSR count). The van der Waals surface area contributed by atoms with Gasteiger partial charge in [-0.15, -0.1) is 11.3 Å². The highest BCUT2D eigenvalue weighted by molar-refractivity contribution is 7.09. The van der Waals surface area contributed by atoms with Gasteiger partial charge in [-0.3, -0.25) is 0 Å². The molecule has 0 spiro atoms. The minimum Gasteiger partial charge on any atom is -0.493 e. The van der Waals surface area contributed by atoms with Crippen molar-refractivity contribution >= 4 is 17.3 Å². The van der Waals surface area contributed by atoms with Crippen LogP contribution in [0.3, 0.4) is 0 Å². The number of aromatic nitrogens is 1. The van der Waals surface area contributed by atoms with E-state index in [1.165, 1.54) is 55.3 Å². The number of hydrogen-bond acceptors (Lipinski definition) is 7. The summed E-state index contributed by atoms with van der Waals surface area (Å²) in [6.45, 7) is 0.521. The molecule has 0 radical (unpaired) electrons. The molecule has 0 amide bonds. The summed E-state index contributed by atoms with van der Waals surface area (Å²) in [7, 11) is 1.36. The largest absolute Gasteiger partial charge is 0.493 e. The fraction of sp³-hybridized carbons (Fsp3) is 0.615. The second-order valence-corrected chi connectivity index (χ2v) is 11.0. The van der Waals surface area contributed by atoms with Crippen LogP contribution in [-0.4, -0.2) is 42.0 Å². The van der Waals surface area contributed by atoms with Crippen molar-refractivity contribution in [3.8, 4) is 5.75 Å². The highest BCUT2D eigenvalue weighted by Crippen LogP contribution is 2.50. The van der Waals surface area contributed by atoms with E-state index in [0.717, 1.165) is 35.4 Å². The first-order chi connectivity index (χ1) is 16.1. The number of ether oxygens (including phenoxy) is 3. The third-order valence-electron chi connectivity index (χ3n) is 7.82. The van der Waals surface area contributed by atoms with Crippen molar-refractivity contribution in [1.82, 2.24) is 4.98 Å². The molecule has 1 aromatic carbocycles. The number of aliphatic hydroxyl groups excluding tert-OH is 1. The second-order valence-electron chi connectivity index (χ2n) is 10.1. The number of nitrogens with zero attached hydrogens (tertiary/aromatic N) is 1. The van der Waals surface area contributed by atoms with Gasteiger partial charge in [0.2, 0.25) is 0 Å². The topological polar surface area (TPSA) is 77.9 Å². The van der Waals surface area contributed by atoms with E-state index in [0.29, 0.717) is 18.7 Å². The third-order valence-corrected chi connectivity index (χ3v) is 8.76. The summed E-state index contributed by atoms with van der Waals surface area (Å²) in [5.41, 5.74) is 3.37. The Bertz CT molecular complexity index is 1030. The number of thiazole rings is 1. The van der Waals surface area contributed by atoms with Crippen molar-refractivity contribution in [2.45, 2.75) is 75.1 Å². The molecule has 4 aliphatic rings. The normalized spacial score (nSPS) is 31.3. The van der Waals surface area contributed by atoms with Crippen molar-refractivity contribution in [1.29, 1.82) is 0 Å². The smallest absolute Gasteiger partial charge is 0.357 e. The molecule has 7 heteroatoms. The van der Waals surface area contributed by atoms with E-state index in [-0.39, 0.29) is 24.0 Å². The van der Waals surface area contributed by atoms with E-state index in [2.05, 4.69) is 23.2 Å². The Balaban J connectivity index is 1.09. The van der Waals surface area contributed by atoms with Gasteiger partial charge in [0.1, 0.15) is 16.9 Å². The Kier molecular flexibility index (Phi) is 5.67. The molecule has 176 valence electrons. The van der Waals surface area contributed by atoms with Gasteiger partial charge in [0.05, 0.1) is 25.9 Å². The molecule has 3 saturated carbocycles. The fourth-order valence-corrected chi connectivity index (χ4v) is 6.58. The predicted octanol–water partition coefficient (Wildman–Crippen LogP) is 4.98. The highest BCUT2D eigenvalue weighted by Gasteiger charge is 2.47. The maximum absolute atomic E-state index is 11.7. The zero-order valence-corrected chi connectivity index (χ0v) is 19.8. The summed E-state index contributed by atoms with van der Waals surface area (Å²) in [6, 6.07) is 6.66. The molecule has 1 N–H and O–H groups in total. The number of aliphatic hydroxyl groups is 1. The molecule has 1 aliphatic heterocycles. The summed E-state index contributed by atoms with van der Waals surface area (Å²) < 4.78 is 17.4. The molecular weight excluding hydrogens is 438 g/mol. The lowest BCUT2D eigenvalue weighted by Crippen LogP contribution is -2.33. The molecule has 5 atom stereocenters. The molecule has 4 fully saturated rings. The van der Waals surface area contributed by atoms with Gasteiger partial charge in [-0.1, -0.05) is 6.07 Å². The second kappa shape index (κ2) is 8.67. The lowest BCUT2D eigenvalue weighted by Gasteiger charge is -2.33. The van der Waals surface area contributed by atoms with Gasteiger partial charge in [-0.2, -0.15) is 0 Å². The summed E-state index contributed by atoms with van der Waals surface area (Å²) in [4.78, 5) is 16.1. The molecule has 2 heterocycles. The lowest BCUT2D eigenvalue weighted by molar-refractivity contribution is -0.0812. The van der Waals surface area contributed by atoms with Crippen LogP contribution >= 0.6 is 11.3 Å². The van der Waals surface area contributed by atoms with E-state index in [9.17, 15) is 9.90 Å². The molecule has 3 aliphatic carbocycles. The van der Waals surface area contributed by atoms with Gasteiger partial charge in [0, 0.05) is 17.7 Å². The summed E-state index contributed by atoms with van der Waals surface area (Å²) in [5.74, 6) is 2.36. The third kappa shape index (κ3) is 4.31. The number of carbonyl (C=O) groups excluding carboxylic acids is 1. The quantitative estimate of drug-likeness (QED) is 0.576. The van der Waals surface area contributed by atoms with Crippen LogP contribution in [0.1, 0.15) is 89.5 Å². The van der Waals surface area contributed by atoms with Gasteiger partial charge in [-0.05, 0) is 79.5 Å². The molecular formula is C26H31NO5S. The lowest BCUT2D eigenvalue weighted by atomic mass is 9.87. The molecule has 0 unspecified atom stereocenters. The first kappa shape index (κ1) is 21.6. The van der Waals surface area contributed by atoms with Crippen molar-refractivity contribution in [3.63, 3.8) is 0 Å². The Morgan fingerprint density at radius 1 is 1.15 bits per heavy atom. The number of methoxy groups -OCH3 is 1. The van der Waals surface area contributed by atoms with E-state index in [1.54, 1.807) is 5.38 Å². The van der Waals surface area contributed by atoms with Crippen molar-refractivity contribution in [2.75, 3.05) is 13.7 Å². The maximum atomic E-state index is 11.7. The van der Waals surface area contributed by atoms with Crippen LogP contribution in [0.4, 0.5) is 0 Å². The predicted molar refractivity (Wildman–Crippen MR) is 124 cm³/mol. The highest BCUT2D eigenvalue weighted by atomic mass is 32.1.